The van der Waals surface area contributed by atoms with Crippen LogP contribution in [0.5, 0.6) is 5.88 Å². The highest BCUT2D eigenvalue weighted by molar-refractivity contribution is 5.98. The van der Waals surface area contributed by atoms with E-state index in [4.69, 9.17) is 4.74 Å². The van der Waals surface area contributed by atoms with E-state index in [9.17, 15) is 4.79 Å². The van der Waals surface area contributed by atoms with Crippen LogP contribution in [-0.4, -0.2) is 49.7 Å². The fourth-order valence-corrected chi connectivity index (χ4v) is 2.83. The molecule has 0 fully saturated rings. The SMILES string of the molecule is CCN(C(=O)c1ccccc1-n1cccn1)[C@@H](C)COc1cnc(C)cn1. The van der Waals surface area contributed by atoms with Crippen molar-refractivity contribution in [2.45, 2.75) is 26.8 Å². The first-order chi connectivity index (χ1) is 13.1. The maximum absolute atomic E-state index is 13.2. The molecule has 7 heteroatoms. The number of aromatic nitrogens is 4. The van der Waals surface area contributed by atoms with Crippen LogP contribution >= 0.6 is 0 Å². The Morgan fingerprint density at radius 1 is 1.22 bits per heavy atom. The summed E-state index contributed by atoms with van der Waals surface area (Å²) in [6.07, 6.45) is 6.76. The van der Waals surface area contributed by atoms with Gasteiger partial charge in [0.25, 0.3) is 5.91 Å². The van der Waals surface area contributed by atoms with Crippen LogP contribution in [0.2, 0.25) is 0 Å². The van der Waals surface area contributed by atoms with Gasteiger partial charge in [-0.15, -0.1) is 0 Å². The Balaban J connectivity index is 1.75. The van der Waals surface area contributed by atoms with Crippen molar-refractivity contribution in [3.8, 4) is 11.6 Å². The number of carbonyl (C=O) groups excluding carboxylic acids is 1. The lowest BCUT2D eigenvalue weighted by Crippen LogP contribution is -2.42. The second-order valence-corrected chi connectivity index (χ2v) is 6.21. The van der Waals surface area contributed by atoms with Crippen LogP contribution in [0, 0.1) is 6.92 Å². The van der Waals surface area contributed by atoms with Gasteiger partial charge in [0, 0.05) is 18.9 Å². The summed E-state index contributed by atoms with van der Waals surface area (Å²) < 4.78 is 7.41. The molecule has 0 N–H and O–H groups in total. The van der Waals surface area contributed by atoms with Crippen molar-refractivity contribution in [1.29, 1.82) is 0 Å². The number of nitrogens with zero attached hydrogens (tertiary/aromatic N) is 5. The second-order valence-electron chi connectivity index (χ2n) is 6.21. The first kappa shape index (κ1) is 18.6. The van der Waals surface area contributed by atoms with Gasteiger partial charge in [0.15, 0.2) is 0 Å². The van der Waals surface area contributed by atoms with Crippen LogP contribution in [0.25, 0.3) is 5.69 Å². The molecule has 3 rings (SSSR count). The van der Waals surface area contributed by atoms with E-state index in [-0.39, 0.29) is 11.9 Å². The highest BCUT2D eigenvalue weighted by atomic mass is 16.5. The van der Waals surface area contributed by atoms with E-state index in [0.717, 1.165) is 11.4 Å². The minimum Gasteiger partial charge on any atom is -0.474 e. The van der Waals surface area contributed by atoms with Crippen LogP contribution in [0.3, 0.4) is 0 Å². The predicted molar refractivity (Wildman–Crippen MR) is 102 cm³/mol. The molecule has 0 spiro atoms. The third kappa shape index (κ3) is 4.31. The number of amides is 1. The molecule has 0 radical (unpaired) electrons. The quantitative estimate of drug-likeness (QED) is 0.644. The monoisotopic (exact) mass is 365 g/mol. The van der Waals surface area contributed by atoms with Gasteiger partial charge in [-0.05, 0) is 39.0 Å². The summed E-state index contributed by atoms with van der Waals surface area (Å²) in [5.41, 5.74) is 2.18. The number of hydrogen-bond donors (Lipinski definition) is 0. The molecular formula is C20H23N5O2. The average molecular weight is 365 g/mol. The van der Waals surface area contributed by atoms with Gasteiger partial charge in [-0.2, -0.15) is 5.10 Å². The van der Waals surface area contributed by atoms with E-state index in [1.165, 1.54) is 0 Å². The van der Waals surface area contributed by atoms with Crippen molar-refractivity contribution in [1.82, 2.24) is 24.6 Å². The molecule has 2 aromatic heterocycles. The summed E-state index contributed by atoms with van der Waals surface area (Å²) in [7, 11) is 0. The Kier molecular flexibility index (Phi) is 5.80. The molecule has 0 bridgehead atoms. The summed E-state index contributed by atoms with van der Waals surface area (Å²) in [6.45, 7) is 6.68. The normalized spacial score (nSPS) is 11.8. The van der Waals surface area contributed by atoms with Gasteiger partial charge in [-0.1, -0.05) is 12.1 Å². The van der Waals surface area contributed by atoms with Gasteiger partial charge < -0.3 is 9.64 Å². The van der Waals surface area contributed by atoms with Gasteiger partial charge in [-0.25, -0.2) is 9.67 Å². The maximum Gasteiger partial charge on any atom is 0.256 e. The molecule has 0 saturated heterocycles. The molecule has 0 unspecified atom stereocenters. The molecule has 1 aromatic carbocycles. The zero-order valence-corrected chi connectivity index (χ0v) is 15.7. The molecule has 1 atom stereocenters. The number of carbonyl (C=O) groups is 1. The van der Waals surface area contributed by atoms with Crippen molar-refractivity contribution < 1.29 is 9.53 Å². The Labute approximate surface area is 158 Å². The third-order valence-electron chi connectivity index (χ3n) is 4.25. The van der Waals surface area contributed by atoms with Gasteiger partial charge in [-0.3, -0.25) is 9.78 Å². The minimum absolute atomic E-state index is 0.0605. The Morgan fingerprint density at radius 2 is 2.04 bits per heavy atom. The summed E-state index contributed by atoms with van der Waals surface area (Å²) in [5, 5.41) is 4.25. The first-order valence-electron chi connectivity index (χ1n) is 8.91. The number of para-hydroxylation sites is 1. The molecule has 0 aliphatic heterocycles. The average Bonchev–Trinajstić information content (AvgIpc) is 3.22. The minimum atomic E-state index is -0.128. The maximum atomic E-state index is 13.2. The van der Waals surface area contributed by atoms with E-state index < -0.39 is 0 Å². The standard InChI is InChI=1S/C20H23N5O2/c1-4-24(16(3)14-27-19-13-21-15(2)12-22-19)20(26)17-8-5-6-9-18(17)25-11-7-10-23-25/h5-13,16H,4,14H2,1-3H3/t16-/m0/s1. The van der Waals surface area contributed by atoms with Crippen LogP contribution in [0.1, 0.15) is 29.9 Å². The van der Waals surface area contributed by atoms with Crippen molar-refractivity contribution in [2.75, 3.05) is 13.2 Å². The van der Waals surface area contributed by atoms with Crippen LogP contribution in [0.15, 0.2) is 55.1 Å². The van der Waals surface area contributed by atoms with Crippen molar-refractivity contribution in [2.24, 2.45) is 0 Å². The molecule has 0 saturated carbocycles. The van der Waals surface area contributed by atoms with E-state index in [1.807, 2.05) is 57.3 Å². The highest BCUT2D eigenvalue weighted by Crippen LogP contribution is 2.17. The molecule has 2 heterocycles. The zero-order chi connectivity index (χ0) is 19.2. The lowest BCUT2D eigenvalue weighted by molar-refractivity contribution is 0.0646. The smallest absolute Gasteiger partial charge is 0.256 e. The number of benzene rings is 1. The zero-order valence-electron chi connectivity index (χ0n) is 15.7. The van der Waals surface area contributed by atoms with Crippen LogP contribution in [0.4, 0.5) is 0 Å². The topological polar surface area (TPSA) is 73.1 Å². The molecule has 0 aliphatic carbocycles. The lowest BCUT2D eigenvalue weighted by Gasteiger charge is -2.28. The van der Waals surface area contributed by atoms with E-state index in [0.29, 0.717) is 24.6 Å². The van der Waals surface area contributed by atoms with Crippen LogP contribution < -0.4 is 4.74 Å². The van der Waals surface area contributed by atoms with E-state index >= 15 is 0 Å². The Morgan fingerprint density at radius 3 is 2.70 bits per heavy atom. The molecule has 1 amide bonds. The first-order valence-corrected chi connectivity index (χ1v) is 8.91. The largest absolute Gasteiger partial charge is 0.474 e. The molecule has 7 nitrogen and oxygen atoms in total. The summed E-state index contributed by atoms with van der Waals surface area (Å²) in [4.78, 5) is 23.3. The number of hydrogen-bond acceptors (Lipinski definition) is 5. The Bertz CT molecular complexity index is 878. The van der Waals surface area contributed by atoms with Crippen LogP contribution in [-0.2, 0) is 0 Å². The van der Waals surface area contributed by atoms with E-state index in [2.05, 4.69) is 15.1 Å². The molecule has 0 aliphatic rings. The summed E-state index contributed by atoms with van der Waals surface area (Å²) >= 11 is 0. The molecular weight excluding hydrogens is 342 g/mol. The second kappa shape index (κ2) is 8.44. The lowest BCUT2D eigenvalue weighted by atomic mass is 10.1. The van der Waals surface area contributed by atoms with Crippen molar-refractivity contribution in [3.05, 3.63) is 66.4 Å². The van der Waals surface area contributed by atoms with Gasteiger partial charge in [0.1, 0.15) is 6.61 Å². The number of rotatable bonds is 7. The van der Waals surface area contributed by atoms with Crippen molar-refractivity contribution in [3.63, 3.8) is 0 Å². The Hall–Kier alpha value is -3.22. The fraction of sp³-hybridized carbons (Fsp3) is 0.300. The van der Waals surface area contributed by atoms with Crippen molar-refractivity contribution >= 4 is 5.91 Å². The van der Waals surface area contributed by atoms with E-state index in [1.54, 1.807) is 28.2 Å². The van der Waals surface area contributed by atoms with Gasteiger partial charge in [0.05, 0.1) is 35.4 Å². The van der Waals surface area contributed by atoms with Gasteiger partial charge in [0.2, 0.25) is 5.88 Å². The molecule has 27 heavy (non-hydrogen) atoms. The number of ether oxygens (including phenoxy) is 1. The fourth-order valence-electron chi connectivity index (χ4n) is 2.83. The highest BCUT2D eigenvalue weighted by Gasteiger charge is 2.23. The molecule has 140 valence electrons. The third-order valence-corrected chi connectivity index (χ3v) is 4.25. The van der Waals surface area contributed by atoms with Gasteiger partial charge >= 0.3 is 0 Å². The summed E-state index contributed by atoms with van der Waals surface area (Å²) in [6, 6.07) is 9.16. The predicted octanol–water partition coefficient (Wildman–Crippen LogP) is 2.90. The molecule has 3 aromatic rings. The summed E-state index contributed by atoms with van der Waals surface area (Å²) in [5.74, 6) is 0.391. The number of aryl methyl sites for hydroxylation is 1. The number of likely N-dealkylation sites (N-methyl/N-ethyl adjacent to an activating group) is 1.